The first-order valence-electron chi connectivity index (χ1n) is 8.21. The van der Waals surface area contributed by atoms with Crippen LogP contribution in [-0.2, 0) is 5.75 Å². The van der Waals surface area contributed by atoms with E-state index in [0.717, 1.165) is 4.90 Å². The minimum absolute atomic E-state index is 0.211. The van der Waals surface area contributed by atoms with E-state index in [-0.39, 0.29) is 11.8 Å². The molecule has 0 radical (unpaired) electrons. The Kier molecular flexibility index (Phi) is 5.87. The lowest BCUT2D eigenvalue weighted by Gasteiger charge is -2.10. The molecule has 0 fully saturated rings. The number of thioether (sulfide) groups is 1. The Balaban J connectivity index is 1.74. The average molecular weight is 382 g/mol. The molecule has 0 saturated carbocycles. The van der Waals surface area contributed by atoms with E-state index in [1.54, 1.807) is 50.4 Å². The lowest BCUT2D eigenvalue weighted by molar-refractivity contribution is 0.0961. The van der Waals surface area contributed by atoms with Gasteiger partial charge in [-0.25, -0.2) is 0 Å². The van der Waals surface area contributed by atoms with Crippen LogP contribution in [-0.4, -0.2) is 29.0 Å². The normalized spacial score (nSPS) is 10.4. The van der Waals surface area contributed by atoms with E-state index >= 15 is 0 Å². The van der Waals surface area contributed by atoms with Crippen molar-refractivity contribution < 1.29 is 14.1 Å². The number of nitrogens with zero attached hydrogens (tertiary/aromatic N) is 2. The van der Waals surface area contributed by atoms with Crippen LogP contribution in [0.4, 0.5) is 5.69 Å². The van der Waals surface area contributed by atoms with E-state index in [4.69, 9.17) is 4.52 Å². The first-order chi connectivity index (χ1) is 13.1. The van der Waals surface area contributed by atoms with Crippen LogP contribution in [0.25, 0.3) is 0 Å². The van der Waals surface area contributed by atoms with Gasteiger partial charge in [0.2, 0.25) is 5.89 Å². The second kappa shape index (κ2) is 8.50. The molecule has 3 aromatic rings. The highest BCUT2D eigenvalue weighted by molar-refractivity contribution is 7.98. The minimum atomic E-state index is -0.256. The molecular weight excluding hydrogens is 364 g/mol. The van der Waals surface area contributed by atoms with E-state index in [1.807, 2.05) is 12.1 Å². The summed E-state index contributed by atoms with van der Waals surface area (Å²) < 4.78 is 5.11. The van der Waals surface area contributed by atoms with Gasteiger partial charge in [0.15, 0.2) is 5.82 Å². The van der Waals surface area contributed by atoms with Gasteiger partial charge in [-0.1, -0.05) is 23.4 Å². The molecule has 8 heteroatoms. The van der Waals surface area contributed by atoms with E-state index in [1.165, 1.54) is 11.8 Å². The highest BCUT2D eigenvalue weighted by Crippen LogP contribution is 2.26. The zero-order chi connectivity index (χ0) is 19.2. The molecule has 0 aliphatic heterocycles. The molecule has 27 heavy (non-hydrogen) atoms. The molecule has 0 aliphatic rings. The maximum absolute atomic E-state index is 12.7. The third-order valence-corrected chi connectivity index (χ3v) is 4.72. The smallest absolute Gasteiger partial charge is 0.256 e. The van der Waals surface area contributed by atoms with Crippen molar-refractivity contribution in [2.45, 2.75) is 17.6 Å². The van der Waals surface area contributed by atoms with Crippen molar-refractivity contribution in [3.8, 4) is 0 Å². The van der Waals surface area contributed by atoms with Gasteiger partial charge in [-0.05, 0) is 37.3 Å². The standard InChI is InChI=1S/C19H18N4O3S/c1-12-21-17(26-23-12)11-27-16-9-4-3-8-15(16)19(25)22-14-7-5-6-13(10-14)18(24)20-2/h3-10H,11H2,1-2H3,(H,20,24)(H,22,25). The summed E-state index contributed by atoms with van der Waals surface area (Å²) in [5, 5.41) is 9.16. The van der Waals surface area contributed by atoms with Crippen LogP contribution in [0.3, 0.4) is 0 Å². The molecule has 0 unspecified atom stereocenters. The summed E-state index contributed by atoms with van der Waals surface area (Å²) in [4.78, 5) is 29.4. The SMILES string of the molecule is CNC(=O)c1cccc(NC(=O)c2ccccc2SCc2nc(C)no2)c1. The molecule has 2 N–H and O–H groups in total. The van der Waals surface area contributed by atoms with E-state index in [2.05, 4.69) is 20.8 Å². The molecule has 2 amide bonds. The number of anilines is 1. The summed E-state index contributed by atoms with van der Waals surface area (Å²) in [6.07, 6.45) is 0. The van der Waals surface area contributed by atoms with Crippen LogP contribution in [0.2, 0.25) is 0 Å². The van der Waals surface area contributed by atoms with Gasteiger partial charge in [0.1, 0.15) is 0 Å². The minimum Gasteiger partial charge on any atom is -0.355 e. The number of amides is 2. The van der Waals surface area contributed by atoms with Gasteiger partial charge >= 0.3 is 0 Å². The molecule has 1 aromatic heterocycles. The lowest BCUT2D eigenvalue weighted by atomic mass is 10.1. The van der Waals surface area contributed by atoms with Crippen LogP contribution >= 0.6 is 11.8 Å². The fraction of sp³-hybridized carbons (Fsp3) is 0.158. The molecule has 0 saturated heterocycles. The second-order valence-electron chi connectivity index (χ2n) is 5.63. The van der Waals surface area contributed by atoms with E-state index in [9.17, 15) is 9.59 Å². The number of carbonyl (C=O) groups is 2. The number of aromatic nitrogens is 2. The van der Waals surface area contributed by atoms with E-state index in [0.29, 0.717) is 34.3 Å². The molecular formula is C19H18N4O3S. The Morgan fingerprint density at radius 1 is 1.11 bits per heavy atom. The molecule has 0 atom stereocenters. The van der Waals surface area contributed by atoms with Crippen LogP contribution in [0.15, 0.2) is 57.9 Å². The monoisotopic (exact) mass is 382 g/mol. The maximum atomic E-state index is 12.7. The van der Waals surface area contributed by atoms with Crippen molar-refractivity contribution in [3.05, 3.63) is 71.4 Å². The molecule has 0 bridgehead atoms. The van der Waals surface area contributed by atoms with E-state index < -0.39 is 0 Å². The van der Waals surface area contributed by atoms with Gasteiger partial charge in [-0.3, -0.25) is 9.59 Å². The lowest BCUT2D eigenvalue weighted by Crippen LogP contribution is -2.18. The number of hydrogen-bond acceptors (Lipinski definition) is 6. The predicted octanol–water partition coefficient (Wildman–Crippen LogP) is 3.28. The summed E-state index contributed by atoms with van der Waals surface area (Å²) in [5.74, 6) is 1.08. The van der Waals surface area contributed by atoms with Crippen molar-refractivity contribution in [2.75, 3.05) is 12.4 Å². The average Bonchev–Trinajstić information content (AvgIpc) is 3.11. The van der Waals surface area contributed by atoms with Gasteiger partial charge in [0, 0.05) is 23.2 Å². The van der Waals surface area contributed by atoms with Crippen LogP contribution < -0.4 is 10.6 Å². The largest absolute Gasteiger partial charge is 0.355 e. The highest BCUT2D eigenvalue weighted by atomic mass is 32.2. The molecule has 2 aromatic carbocycles. The predicted molar refractivity (Wildman–Crippen MR) is 103 cm³/mol. The number of aryl methyl sites for hydroxylation is 1. The Morgan fingerprint density at radius 2 is 1.93 bits per heavy atom. The first kappa shape index (κ1) is 18.7. The first-order valence-corrected chi connectivity index (χ1v) is 9.20. The van der Waals surface area contributed by atoms with Crippen molar-refractivity contribution in [2.24, 2.45) is 0 Å². The van der Waals surface area contributed by atoms with Crippen LogP contribution in [0, 0.1) is 6.92 Å². The highest BCUT2D eigenvalue weighted by Gasteiger charge is 2.14. The fourth-order valence-electron chi connectivity index (χ4n) is 2.40. The maximum Gasteiger partial charge on any atom is 0.256 e. The van der Waals surface area contributed by atoms with Gasteiger partial charge in [0.25, 0.3) is 11.8 Å². The van der Waals surface area contributed by atoms with Crippen molar-refractivity contribution in [1.29, 1.82) is 0 Å². The summed E-state index contributed by atoms with van der Waals surface area (Å²) in [5.41, 5.74) is 1.56. The molecule has 138 valence electrons. The molecule has 7 nitrogen and oxygen atoms in total. The van der Waals surface area contributed by atoms with Gasteiger partial charge < -0.3 is 15.2 Å². The van der Waals surface area contributed by atoms with Crippen LogP contribution in [0.1, 0.15) is 32.4 Å². The summed E-state index contributed by atoms with van der Waals surface area (Å²) in [6.45, 7) is 1.76. The number of carbonyl (C=O) groups excluding carboxylic acids is 2. The number of rotatable bonds is 6. The number of benzene rings is 2. The molecule has 0 aliphatic carbocycles. The van der Waals surface area contributed by atoms with Crippen molar-refractivity contribution in [1.82, 2.24) is 15.5 Å². The Labute approximate surface area is 160 Å². The Hall–Kier alpha value is -3.13. The number of hydrogen-bond donors (Lipinski definition) is 2. The summed E-state index contributed by atoms with van der Waals surface area (Å²) in [7, 11) is 1.56. The summed E-state index contributed by atoms with van der Waals surface area (Å²) >= 11 is 1.44. The van der Waals surface area contributed by atoms with Gasteiger partial charge in [-0.2, -0.15) is 4.98 Å². The zero-order valence-electron chi connectivity index (χ0n) is 14.9. The van der Waals surface area contributed by atoms with Crippen molar-refractivity contribution >= 4 is 29.3 Å². The topological polar surface area (TPSA) is 97.1 Å². The third kappa shape index (κ3) is 4.73. The Bertz CT molecular complexity index is 971. The molecule has 3 rings (SSSR count). The fourth-order valence-corrected chi connectivity index (χ4v) is 3.29. The second-order valence-corrected chi connectivity index (χ2v) is 6.65. The van der Waals surface area contributed by atoms with Gasteiger partial charge in [0.05, 0.1) is 11.3 Å². The number of nitrogens with one attached hydrogen (secondary N) is 2. The van der Waals surface area contributed by atoms with Crippen LogP contribution in [0.5, 0.6) is 0 Å². The third-order valence-electron chi connectivity index (χ3n) is 3.66. The van der Waals surface area contributed by atoms with Crippen molar-refractivity contribution in [3.63, 3.8) is 0 Å². The zero-order valence-corrected chi connectivity index (χ0v) is 15.7. The molecule has 1 heterocycles. The quantitative estimate of drug-likeness (QED) is 0.635. The summed E-state index contributed by atoms with van der Waals surface area (Å²) in [6, 6.07) is 14.1. The molecule has 0 spiro atoms. The Morgan fingerprint density at radius 3 is 2.67 bits per heavy atom. The van der Waals surface area contributed by atoms with Gasteiger partial charge in [-0.15, -0.1) is 11.8 Å².